The van der Waals surface area contributed by atoms with Crippen LogP contribution in [0.1, 0.15) is 33.6 Å². The molecule has 0 spiro atoms. The van der Waals surface area contributed by atoms with Crippen molar-refractivity contribution in [3.63, 3.8) is 0 Å². The number of alkyl carbamates (subject to hydrolysis) is 1. The fraction of sp³-hybridized carbons (Fsp3) is 0.667. The Morgan fingerprint density at radius 3 is 2.00 bits per heavy atom. The van der Waals surface area contributed by atoms with Crippen molar-refractivity contribution in [1.82, 2.24) is 5.32 Å². The highest BCUT2D eigenvalue weighted by atomic mass is 16.6. The molecule has 0 aliphatic rings. The number of carbonyl (C=O) groups is 4. The van der Waals surface area contributed by atoms with Gasteiger partial charge in [0, 0.05) is 6.42 Å². The van der Waals surface area contributed by atoms with Crippen LogP contribution in [0.25, 0.3) is 0 Å². The number of nitrogens with one attached hydrogen (secondary N) is 1. The van der Waals surface area contributed by atoms with E-state index in [-0.39, 0.29) is 12.8 Å². The molecular formula is C12H23N3O7. The zero-order valence-electron chi connectivity index (χ0n) is 12.8. The van der Waals surface area contributed by atoms with Crippen LogP contribution in [-0.4, -0.2) is 52.3 Å². The topological polar surface area (TPSA) is 182 Å². The minimum absolute atomic E-state index is 0.0213. The quantitative estimate of drug-likeness (QED) is 0.423. The van der Waals surface area contributed by atoms with E-state index in [2.05, 4.69) is 5.32 Å². The number of primary amides is 1. The highest BCUT2D eigenvalue weighted by Crippen LogP contribution is 2.05. The van der Waals surface area contributed by atoms with Crippen LogP contribution in [0.5, 0.6) is 0 Å². The lowest BCUT2D eigenvalue weighted by atomic mass is 10.2. The molecule has 1 atom stereocenters. The molecule has 0 saturated heterocycles. The average Bonchev–Trinajstić information content (AvgIpc) is 2.32. The molecular weight excluding hydrogens is 298 g/mol. The van der Waals surface area contributed by atoms with Crippen molar-refractivity contribution in [3.05, 3.63) is 0 Å². The first-order valence-electron chi connectivity index (χ1n) is 6.30. The van der Waals surface area contributed by atoms with E-state index in [9.17, 15) is 19.2 Å². The van der Waals surface area contributed by atoms with E-state index in [4.69, 9.17) is 26.4 Å². The summed E-state index contributed by atoms with van der Waals surface area (Å²) in [6, 6.07) is -0.979. The van der Waals surface area contributed by atoms with Gasteiger partial charge in [-0.05, 0) is 27.2 Å². The van der Waals surface area contributed by atoms with E-state index < -0.39 is 42.1 Å². The van der Waals surface area contributed by atoms with Gasteiger partial charge in [0.2, 0.25) is 5.91 Å². The highest BCUT2D eigenvalue weighted by Gasteiger charge is 2.16. The maximum Gasteiger partial charge on any atom is 0.408 e. The SMILES string of the molecule is CC(C)(C)OC(=O)NCC(=O)O.NC(=O)CCC(N)C(=O)O. The summed E-state index contributed by atoms with van der Waals surface area (Å²) >= 11 is 0. The molecule has 2 amide bonds. The number of ether oxygens (including phenoxy) is 1. The molecule has 0 saturated carbocycles. The van der Waals surface area contributed by atoms with Crippen LogP contribution < -0.4 is 16.8 Å². The van der Waals surface area contributed by atoms with Crippen LogP contribution in [0.15, 0.2) is 0 Å². The van der Waals surface area contributed by atoms with Gasteiger partial charge >= 0.3 is 18.0 Å². The molecule has 0 aromatic carbocycles. The normalized spacial score (nSPS) is 11.5. The van der Waals surface area contributed by atoms with Crippen molar-refractivity contribution < 1.29 is 34.1 Å². The molecule has 128 valence electrons. The van der Waals surface area contributed by atoms with Crippen molar-refractivity contribution in [2.24, 2.45) is 11.5 Å². The Labute approximate surface area is 127 Å². The van der Waals surface area contributed by atoms with E-state index in [0.29, 0.717) is 0 Å². The van der Waals surface area contributed by atoms with Crippen LogP contribution in [-0.2, 0) is 19.1 Å². The number of hydrogen-bond donors (Lipinski definition) is 5. The molecule has 0 aromatic heterocycles. The second-order valence-corrected chi connectivity index (χ2v) is 5.20. The molecule has 0 bridgehead atoms. The van der Waals surface area contributed by atoms with Crippen molar-refractivity contribution in [1.29, 1.82) is 0 Å². The standard InChI is InChI=1S/C7H13NO4.C5H10N2O3/c1-7(2,3)12-6(11)8-4-5(9)10;6-3(5(9)10)1-2-4(7)8/h4H2,1-3H3,(H,8,11)(H,9,10);3H,1-2,6H2,(H2,7,8)(H,9,10). The Balaban J connectivity index is 0. The minimum Gasteiger partial charge on any atom is -0.480 e. The van der Waals surface area contributed by atoms with Gasteiger partial charge in [-0.2, -0.15) is 0 Å². The monoisotopic (exact) mass is 321 g/mol. The Bertz CT molecular complexity index is 404. The van der Waals surface area contributed by atoms with E-state index in [1.165, 1.54) is 0 Å². The third-order valence-corrected chi connectivity index (χ3v) is 1.80. The summed E-state index contributed by atoms with van der Waals surface area (Å²) in [5.74, 6) is -2.74. The first kappa shape index (κ1) is 21.9. The van der Waals surface area contributed by atoms with Gasteiger partial charge in [0.25, 0.3) is 0 Å². The average molecular weight is 321 g/mol. The lowest BCUT2D eigenvalue weighted by Crippen LogP contribution is -2.35. The minimum atomic E-state index is -1.11. The lowest BCUT2D eigenvalue weighted by Gasteiger charge is -2.19. The predicted octanol–water partition coefficient (Wildman–Crippen LogP) is -0.740. The van der Waals surface area contributed by atoms with Crippen molar-refractivity contribution in [3.8, 4) is 0 Å². The van der Waals surface area contributed by atoms with Crippen molar-refractivity contribution >= 4 is 23.9 Å². The van der Waals surface area contributed by atoms with Gasteiger partial charge in [-0.15, -0.1) is 0 Å². The maximum atomic E-state index is 10.8. The van der Waals surface area contributed by atoms with Gasteiger partial charge in [0.1, 0.15) is 18.2 Å². The molecule has 0 aliphatic carbocycles. The van der Waals surface area contributed by atoms with Gasteiger partial charge in [0.05, 0.1) is 0 Å². The van der Waals surface area contributed by atoms with Crippen molar-refractivity contribution in [2.75, 3.05) is 6.54 Å². The molecule has 22 heavy (non-hydrogen) atoms. The first-order chi connectivity index (χ1) is 9.85. The van der Waals surface area contributed by atoms with E-state index >= 15 is 0 Å². The molecule has 1 unspecified atom stereocenters. The number of rotatable bonds is 6. The summed E-state index contributed by atoms with van der Waals surface area (Å²) in [7, 11) is 0. The number of carboxylic acids is 2. The summed E-state index contributed by atoms with van der Waals surface area (Å²) in [4.78, 5) is 40.9. The molecule has 0 rings (SSSR count). The van der Waals surface area contributed by atoms with Gasteiger partial charge in [0.15, 0.2) is 0 Å². The summed E-state index contributed by atoms with van der Waals surface area (Å²) < 4.78 is 4.77. The number of amides is 2. The summed E-state index contributed by atoms with van der Waals surface area (Å²) in [5.41, 5.74) is 9.22. The van der Waals surface area contributed by atoms with Crippen molar-refractivity contribution in [2.45, 2.75) is 45.3 Å². The fourth-order valence-electron chi connectivity index (χ4n) is 0.883. The molecule has 0 aromatic rings. The predicted molar refractivity (Wildman–Crippen MR) is 75.9 cm³/mol. The Kier molecular flexibility index (Phi) is 10.3. The van der Waals surface area contributed by atoms with Gasteiger partial charge in [-0.1, -0.05) is 0 Å². The van der Waals surface area contributed by atoms with Gasteiger partial charge in [-0.3, -0.25) is 14.4 Å². The Morgan fingerprint density at radius 1 is 1.18 bits per heavy atom. The van der Waals surface area contributed by atoms with E-state index in [0.717, 1.165) is 0 Å². The highest BCUT2D eigenvalue weighted by molar-refractivity contribution is 5.77. The van der Waals surface area contributed by atoms with Gasteiger partial charge < -0.3 is 31.7 Å². The number of carboxylic acid groups (broad SMARTS) is 2. The second kappa shape index (κ2) is 10.4. The lowest BCUT2D eigenvalue weighted by molar-refractivity contribution is -0.139. The second-order valence-electron chi connectivity index (χ2n) is 5.20. The third-order valence-electron chi connectivity index (χ3n) is 1.80. The largest absolute Gasteiger partial charge is 0.480 e. The van der Waals surface area contributed by atoms with Crippen LogP contribution in [0, 0.1) is 0 Å². The molecule has 0 radical (unpaired) electrons. The number of nitrogens with two attached hydrogens (primary N) is 2. The smallest absolute Gasteiger partial charge is 0.408 e. The number of hydrogen-bond acceptors (Lipinski definition) is 6. The molecule has 0 fully saturated rings. The molecule has 10 heteroatoms. The van der Waals surface area contributed by atoms with E-state index in [1.54, 1.807) is 20.8 Å². The molecule has 0 aliphatic heterocycles. The van der Waals surface area contributed by atoms with Gasteiger partial charge in [-0.25, -0.2) is 4.79 Å². The zero-order chi connectivity index (χ0) is 17.9. The Hall–Kier alpha value is -2.36. The number of aliphatic carboxylic acids is 2. The van der Waals surface area contributed by atoms with Crippen LogP contribution in [0.2, 0.25) is 0 Å². The van der Waals surface area contributed by atoms with Crippen LogP contribution in [0.4, 0.5) is 4.79 Å². The maximum absolute atomic E-state index is 10.8. The first-order valence-corrected chi connectivity index (χ1v) is 6.30. The van der Waals surface area contributed by atoms with Crippen LogP contribution >= 0.6 is 0 Å². The van der Waals surface area contributed by atoms with Crippen LogP contribution in [0.3, 0.4) is 0 Å². The number of carbonyl (C=O) groups excluding carboxylic acids is 2. The third kappa shape index (κ3) is 17.6. The zero-order valence-corrected chi connectivity index (χ0v) is 12.8. The fourth-order valence-corrected chi connectivity index (χ4v) is 0.883. The summed E-state index contributed by atoms with van der Waals surface area (Å²) in [6.07, 6.45) is -0.595. The van der Waals surface area contributed by atoms with E-state index in [1.807, 2.05) is 0 Å². The molecule has 7 N–H and O–H groups in total. The summed E-state index contributed by atoms with van der Waals surface area (Å²) in [5, 5.41) is 18.5. The summed E-state index contributed by atoms with van der Waals surface area (Å²) in [6.45, 7) is 4.68. The molecule has 0 heterocycles. The Morgan fingerprint density at radius 2 is 1.68 bits per heavy atom. The molecule has 10 nitrogen and oxygen atoms in total.